The fourth-order valence-corrected chi connectivity index (χ4v) is 2.46. The number of aryl methyl sites for hydroxylation is 1. The highest BCUT2D eigenvalue weighted by molar-refractivity contribution is 9.10. The molecule has 0 amide bonds. The first-order valence-electron chi connectivity index (χ1n) is 6.08. The molecule has 0 spiro atoms. The third-order valence-corrected chi connectivity index (χ3v) is 3.72. The van der Waals surface area contributed by atoms with E-state index in [0.29, 0.717) is 5.56 Å². The molecular formula is C15H12BrF4N. The average Bonchev–Trinajstić information content (AvgIpc) is 2.40. The van der Waals surface area contributed by atoms with Crippen LogP contribution in [0.3, 0.4) is 0 Å². The second-order valence-corrected chi connectivity index (χ2v) is 5.63. The van der Waals surface area contributed by atoms with Gasteiger partial charge in [0.1, 0.15) is 5.82 Å². The smallest absolute Gasteiger partial charge is 0.320 e. The first-order chi connectivity index (χ1) is 9.70. The standard InChI is InChI=1S/C15H12BrF4N/c1-8-2-4-10(16)7-11(8)14(21)9-3-5-13(17)12(6-9)15(18,19)20/h2-7,14H,21H2,1H3. The van der Waals surface area contributed by atoms with E-state index in [0.717, 1.165) is 22.2 Å². The highest BCUT2D eigenvalue weighted by atomic mass is 79.9. The summed E-state index contributed by atoms with van der Waals surface area (Å²) in [5.41, 5.74) is 6.48. The van der Waals surface area contributed by atoms with Gasteiger partial charge in [-0.1, -0.05) is 28.1 Å². The molecular weight excluding hydrogens is 350 g/mol. The van der Waals surface area contributed by atoms with E-state index >= 15 is 0 Å². The van der Waals surface area contributed by atoms with Crippen LogP contribution in [-0.4, -0.2) is 0 Å². The molecule has 1 atom stereocenters. The SMILES string of the molecule is Cc1ccc(Br)cc1C(N)c1ccc(F)c(C(F)(F)F)c1. The largest absolute Gasteiger partial charge is 0.419 e. The van der Waals surface area contributed by atoms with Gasteiger partial charge in [-0.05, 0) is 47.9 Å². The molecule has 0 radical (unpaired) electrons. The summed E-state index contributed by atoms with van der Waals surface area (Å²) in [6.07, 6.45) is -4.74. The van der Waals surface area contributed by atoms with Crippen molar-refractivity contribution in [3.8, 4) is 0 Å². The van der Waals surface area contributed by atoms with Crippen molar-refractivity contribution in [2.24, 2.45) is 5.73 Å². The van der Waals surface area contributed by atoms with Gasteiger partial charge < -0.3 is 5.73 Å². The maximum atomic E-state index is 13.3. The van der Waals surface area contributed by atoms with Gasteiger partial charge in [-0.3, -0.25) is 0 Å². The lowest BCUT2D eigenvalue weighted by Gasteiger charge is -2.17. The molecule has 6 heteroatoms. The number of benzene rings is 2. The minimum Gasteiger partial charge on any atom is -0.320 e. The molecule has 2 aromatic rings. The molecule has 0 aliphatic carbocycles. The zero-order chi connectivity index (χ0) is 15.8. The molecule has 0 saturated heterocycles. The van der Waals surface area contributed by atoms with E-state index in [1.807, 2.05) is 19.1 Å². The van der Waals surface area contributed by atoms with Crippen molar-refractivity contribution in [2.75, 3.05) is 0 Å². The van der Waals surface area contributed by atoms with E-state index < -0.39 is 23.6 Å². The van der Waals surface area contributed by atoms with Crippen molar-refractivity contribution in [2.45, 2.75) is 19.1 Å². The van der Waals surface area contributed by atoms with Crippen molar-refractivity contribution < 1.29 is 17.6 Å². The number of nitrogens with two attached hydrogens (primary N) is 1. The van der Waals surface area contributed by atoms with Gasteiger partial charge in [0.15, 0.2) is 0 Å². The van der Waals surface area contributed by atoms with E-state index in [1.54, 1.807) is 6.07 Å². The van der Waals surface area contributed by atoms with Gasteiger partial charge in [0.25, 0.3) is 0 Å². The normalized spacial score (nSPS) is 13.3. The highest BCUT2D eigenvalue weighted by Crippen LogP contribution is 2.34. The Morgan fingerprint density at radius 2 is 1.76 bits per heavy atom. The lowest BCUT2D eigenvalue weighted by molar-refractivity contribution is -0.140. The number of halogens is 5. The van der Waals surface area contributed by atoms with Crippen molar-refractivity contribution in [3.05, 3.63) is 68.9 Å². The van der Waals surface area contributed by atoms with Crippen LogP contribution in [0.15, 0.2) is 40.9 Å². The van der Waals surface area contributed by atoms with E-state index in [-0.39, 0.29) is 5.56 Å². The molecule has 0 bridgehead atoms. The van der Waals surface area contributed by atoms with Gasteiger partial charge in [0, 0.05) is 4.47 Å². The molecule has 0 saturated carbocycles. The van der Waals surface area contributed by atoms with Gasteiger partial charge in [-0.15, -0.1) is 0 Å². The maximum Gasteiger partial charge on any atom is 0.419 e. The Bertz CT molecular complexity index is 667. The van der Waals surface area contributed by atoms with Crippen molar-refractivity contribution in [3.63, 3.8) is 0 Å². The van der Waals surface area contributed by atoms with E-state index in [4.69, 9.17) is 5.73 Å². The second kappa shape index (κ2) is 5.77. The van der Waals surface area contributed by atoms with Crippen molar-refractivity contribution >= 4 is 15.9 Å². The van der Waals surface area contributed by atoms with E-state index in [2.05, 4.69) is 15.9 Å². The van der Waals surface area contributed by atoms with Gasteiger partial charge >= 0.3 is 6.18 Å². The summed E-state index contributed by atoms with van der Waals surface area (Å²) >= 11 is 3.30. The molecule has 1 unspecified atom stereocenters. The van der Waals surface area contributed by atoms with Gasteiger partial charge in [0.05, 0.1) is 11.6 Å². The van der Waals surface area contributed by atoms with Crippen LogP contribution < -0.4 is 5.73 Å². The molecule has 2 aromatic carbocycles. The summed E-state index contributed by atoms with van der Waals surface area (Å²) in [5, 5.41) is 0. The fourth-order valence-electron chi connectivity index (χ4n) is 2.08. The van der Waals surface area contributed by atoms with E-state index in [9.17, 15) is 17.6 Å². The minimum absolute atomic E-state index is 0.213. The van der Waals surface area contributed by atoms with Gasteiger partial charge in [0.2, 0.25) is 0 Å². The fraction of sp³-hybridized carbons (Fsp3) is 0.200. The Kier molecular flexibility index (Phi) is 4.39. The quantitative estimate of drug-likeness (QED) is 0.751. The number of hydrogen-bond acceptors (Lipinski definition) is 1. The van der Waals surface area contributed by atoms with Gasteiger partial charge in [-0.25, -0.2) is 4.39 Å². The lowest BCUT2D eigenvalue weighted by atomic mass is 9.94. The predicted octanol–water partition coefficient (Wildman–Crippen LogP) is 4.96. The van der Waals surface area contributed by atoms with Crippen LogP contribution in [0.5, 0.6) is 0 Å². The summed E-state index contributed by atoms with van der Waals surface area (Å²) in [7, 11) is 0. The molecule has 0 aromatic heterocycles. The van der Waals surface area contributed by atoms with Crippen LogP contribution in [-0.2, 0) is 6.18 Å². The van der Waals surface area contributed by atoms with Crippen molar-refractivity contribution in [1.29, 1.82) is 0 Å². The molecule has 0 fully saturated rings. The zero-order valence-electron chi connectivity index (χ0n) is 11.0. The lowest BCUT2D eigenvalue weighted by Crippen LogP contribution is -2.16. The minimum atomic E-state index is -4.74. The van der Waals surface area contributed by atoms with Crippen LogP contribution in [0.4, 0.5) is 17.6 Å². The molecule has 2 rings (SSSR count). The molecule has 0 aliphatic rings. The average molecular weight is 362 g/mol. The molecule has 112 valence electrons. The number of hydrogen-bond donors (Lipinski definition) is 1. The zero-order valence-corrected chi connectivity index (χ0v) is 12.6. The van der Waals surface area contributed by atoms with Gasteiger partial charge in [-0.2, -0.15) is 13.2 Å². The molecule has 0 heterocycles. The van der Waals surface area contributed by atoms with Crippen LogP contribution in [0.2, 0.25) is 0 Å². The maximum absolute atomic E-state index is 13.3. The third kappa shape index (κ3) is 3.44. The number of alkyl halides is 3. The summed E-state index contributed by atoms with van der Waals surface area (Å²) in [5.74, 6) is -1.30. The van der Waals surface area contributed by atoms with Crippen LogP contribution in [0, 0.1) is 12.7 Å². The number of rotatable bonds is 2. The summed E-state index contributed by atoms with van der Waals surface area (Å²) in [6, 6.07) is 7.45. The Morgan fingerprint density at radius 3 is 2.38 bits per heavy atom. The van der Waals surface area contributed by atoms with Crippen LogP contribution >= 0.6 is 15.9 Å². The molecule has 2 N–H and O–H groups in total. The Hall–Kier alpha value is -1.40. The van der Waals surface area contributed by atoms with Crippen LogP contribution in [0.25, 0.3) is 0 Å². The Morgan fingerprint density at radius 1 is 1.10 bits per heavy atom. The van der Waals surface area contributed by atoms with Crippen LogP contribution in [0.1, 0.15) is 28.3 Å². The topological polar surface area (TPSA) is 26.0 Å². The molecule has 21 heavy (non-hydrogen) atoms. The Labute approximate surface area is 127 Å². The Balaban J connectivity index is 2.49. The third-order valence-electron chi connectivity index (χ3n) is 3.23. The monoisotopic (exact) mass is 361 g/mol. The first kappa shape index (κ1) is 16.0. The van der Waals surface area contributed by atoms with E-state index in [1.165, 1.54) is 6.07 Å². The summed E-state index contributed by atoms with van der Waals surface area (Å²) < 4.78 is 52.3. The van der Waals surface area contributed by atoms with Crippen molar-refractivity contribution in [1.82, 2.24) is 0 Å². The molecule has 1 nitrogen and oxygen atoms in total. The first-order valence-corrected chi connectivity index (χ1v) is 6.87. The predicted molar refractivity (Wildman–Crippen MR) is 76.3 cm³/mol. The summed E-state index contributed by atoms with van der Waals surface area (Å²) in [4.78, 5) is 0. The highest BCUT2D eigenvalue weighted by Gasteiger charge is 2.34. The molecule has 0 aliphatic heterocycles. The summed E-state index contributed by atoms with van der Waals surface area (Å²) in [6.45, 7) is 1.82. The second-order valence-electron chi connectivity index (χ2n) is 4.72.